The number of aromatic nitrogens is 2. The van der Waals surface area contributed by atoms with E-state index in [2.05, 4.69) is 20.2 Å². The van der Waals surface area contributed by atoms with E-state index in [-0.39, 0.29) is 5.91 Å². The van der Waals surface area contributed by atoms with Gasteiger partial charge in [-0.3, -0.25) is 4.79 Å². The summed E-state index contributed by atoms with van der Waals surface area (Å²) in [6.07, 6.45) is 4.57. The van der Waals surface area contributed by atoms with Crippen molar-refractivity contribution in [1.82, 2.24) is 15.3 Å². The van der Waals surface area contributed by atoms with Gasteiger partial charge in [-0.25, -0.2) is 9.97 Å². The van der Waals surface area contributed by atoms with Crippen molar-refractivity contribution in [2.75, 3.05) is 18.0 Å². The van der Waals surface area contributed by atoms with Gasteiger partial charge in [0.15, 0.2) is 5.16 Å². The van der Waals surface area contributed by atoms with Gasteiger partial charge in [0.25, 0.3) is 5.91 Å². The van der Waals surface area contributed by atoms with Crippen molar-refractivity contribution in [2.24, 2.45) is 0 Å². The summed E-state index contributed by atoms with van der Waals surface area (Å²) in [5.41, 5.74) is 1.78. The number of carbonyl (C=O) groups is 1. The number of benzene rings is 1. The fourth-order valence-corrected chi connectivity index (χ4v) is 4.03. The summed E-state index contributed by atoms with van der Waals surface area (Å²) in [6, 6.07) is 9.94. The van der Waals surface area contributed by atoms with Crippen molar-refractivity contribution in [3.8, 4) is 0 Å². The number of carbonyl (C=O) groups excluding carboxylic acids is 1. The number of anilines is 1. The second kappa shape index (κ2) is 7.84. The average Bonchev–Trinajstić information content (AvgIpc) is 3.28. The minimum Gasteiger partial charge on any atom is -0.356 e. The molecule has 26 heavy (non-hydrogen) atoms. The molecule has 1 saturated carbocycles. The Bertz CT molecular complexity index is 806. The van der Waals surface area contributed by atoms with E-state index in [0.717, 1.165) is 37.3 Å². The molecule has 1 aliphatic heterocycles. The monoisotopic (exact) mass is 388 g/mol. The van der Waals surface area contributed by atoms with Gasteiger partial charge in [0, 0.05) is 36.5 Å². The number of nitrogens with zero attached hydrogens (tertiary/aromatic N) is 3. The fourth-order valence-electron chi connectivity index (χ4n) is 3.00. The van der Waals surface area contributed by atoms with E-state index in [4.69, 9.17) is 11.6 Å². The van der Waals surface area contributed by atoms with Crippen molar-refractivity contribution in [2.45, 2.75) is 42.6 Å². The van der Waals surface area contributed by atoms with E-state index in [1.807, 2.05) is 30.3 Å². The molecule has 0 atom stereocenters. The second-order valence-corrected chi connectivity index (χ2v) is 8.09. The van der Waals surface area contributed by atoms with E-state index in [9.17, 15) is 4.79 Å². The third kappa shape index (κ3) is 4.48. The first kappa shape index (κ1) is 17.6. The van der Waals surface area contributed by atoms with Crippen molar-refractivity contribution in [3.63, 3.8) is 0 Å². The molecular formula is C19H21ClN4OS. The zero-order chi connectivity index (χ0) is 17.9. The van der Waals surface area contributed by atoms with E-state index >= 15 is 0 Å². The lowest BCUT2D eigenvalue weighted by atomic mass is 10.1. The molecule has 0 spiro atoms. The third-order valence-electron chi connectivity index (χ3n) is 4.56. The van der Waals surface area contributed by atoms with E-state index in [1.165, 1.54) is 12.8 Å². The van der Waals surface area contributed by atoms with Crippen LogP contribution < -0.4 is 10.2 Å². The Hall–Kier alpha value is -1.79. The van der Waals surface area contributed by atoms with Gasteiger partial charge < -0.3 is 10.2 Å². The summed E-state index contributed by atoms with van der Waals surface area (Å²) in [7, 11) is 0. The number of rotatable bonds is 6. The first-order chi connectivity index (χ1) is 12.7. The molecule has 1 amide bonds. The van der Waals surface area contributed by atoms with Crippen LogP contribution in [-0.4, -0.2) is 35.0 Å². The van der Waals surface area contributed by atoms with Crippen LogP contribution in [0.4, 0.5) is 5.82 Å². The number of thioether (sulfide) groups is 1. The molecule has 1 aliphatic carbocycles. The van der Waals surface area contributed by atoms with E-state index in [0.29, 0.717) is 27.7 Å². The van der Waals surface area contributed by atoms with Crippen LogP contribution in [0.25, 0.3) is 0 Å². The molecule has 5 nitrogen and oxygen atoms in total. The summed E-state index contributed by atoms with van der Waals surface area (Å²) in [5.74, 6) is 1.61. The van der Waals surface area contributed by atoms with Crippen molar-refractivity contribution >= 4 is 35.1 Å². The van der Waals surface area contributed by atoms with Crippen LogP contribution in [0, 0.1) is 0 Å². The van der Waals surface area contributed by atoms with Gasteiger partial charge in [-0.1, -0.05) is 35.5 Å². The lowest BCUT2D eigenvalue weighted by Crippen LogP contribution is -2.25. The molecule has 136 valence electrons. The highest BCUT2D eigenvalue weighted by Crippen LogP contribution is 2.26. The van der Waals surface area contributed by atoms with Gasteiger partial charge in [0.2, 0.25) is 0 Å². The molecule has 0 bridgehead atoms. The van der Waals surface area contributed by atoms with Crippen LogP contribution in [-0.2, 0) is 5.75 Å². The maximum absolute atomic E-state index is 12.2. The van der Waals surface area contributed by atoms with Gasteiger partial charge in [0.1, 0.15) is 11.0 Å². The summed E-state index contributed by atoms with van der Waals surface area (Å²) >= 11 is 7.73. The molecule has 7 heteroatoms. The Kier molecular flexibility index (Phi) is 5.31. The molecule has 0 unspecified atom stereocenters. The van der Waals surface area contributed by atoms with Crippen LogP contribution >= 0.6 is 23.4 Å². The SMILES string of the molecule is O=C(NC1CC1)c1cccc(CSc2nc(Cl)cc(N3CCCC3)n2)c1. The Balaban J connectivity index is 1.42. The summed E-state index contributed by atoms with van der Waals surface area (Å²) < 4.78 is 0. The number of hydrogen-bond acceptors (Lipinski definition) is 5. The molecular weight excluding hydrogens is 368 g/mol. The third-order valence-corrected chi connectivity index (χ3v) is 5.67. The van der Waals surface area contributed by atoms with Gasteiger partial charge in [0.05, 0.1) is 0 Å². The molecule has 1 aromatic carbocycles. The van der Waals surface area contributed by atoms with Crippen molar-refractivity contribution in [1.29, 1.82) is 0 Å². The lowest BCUT2D eigenvalue weighted by molar-refractivity contribution is 0.0951. The Morgan fingerprint density at radius 2 is 2.04 bits per heavy atom. The van der Waals surface area contributed by atoms with Crippen LogP contribution in [0.15, 0.2) is 35.5 Å². The second-order valence-electron chi connectivity index (χ2n) is 6.76. The van der Waals surface area contributed by atoms with Crippen LogP contribution in [0.3, 0.4) is 0 Å². The standard InChI is InChI=1S/C19H21ClN4OS/c20-16-11-17(24-8-1-2-9-24)23-19(22-16)26-12-13-4-3-5-14(10-13)18(25)21-15-6-7-15/h3-5,10-11,15H,1-2,6-9,12H2,(H,21,25). The molecule has 1 saturated heterocycles. The minimum absolute atomic E-state index is 0.00896. The normalized spacial score (nSPS) is 16.7. The summed E-state index contributed by atoms with van der Waals surface area (Å²) in [6.45, 7) is 2.05. The van der Waals surface area contributed by atoms with Crippen LogP contribution in [0.1, 0.15) is 41.6 Å². The van der Waals surface area contributed by atoms with Gasteiger partial charge in [-0.2, -0.15) is 0 Å². The topological polar surface area (TPSA) is 58.1 Å². The highest BCUT2D eigenvalue weighted by molar-refractivity contribution is 7.98. The number of hydrogen-bond donors (Lipinski definition) is 1. The molecule has 4 rings (SSSR count). The quantitative estimate of drug-likeness (QED) is 0.462. The van der Waals surface area contributed by atoms with Gasteiger partial charge in [-0.05, 0) is 43.4 Å². The smallest absolute Gasteiger partial charge is 0.251 e. The summed E-state index contributed by atoms with van der Waals surface area (Å²) in [4.78, 5) is 23.4. The molecule has 2 aliphatic rings. The Morgan fingerprint density at radius 3 is 2.81 bits per heavy atom. The van der Waals surface area contributed by atoms with Crippen LogP contribution in [0.5, 0.6) is 0 Å². The predicted molar refractivity (Wildman–Crippen MR) is 105 cm³/mol. The van der Waals surface area contributed by atoms with Crippen LogP contribution in [0.2, 0.25) is 5.15 Å². The first-order valence-electron chi connectivity index (χ1n) is 8.99. The number of amides is 1. The Morgan fingerprint density at radius 1 is 1.23 bits per heavy atom. The number of nitrogens with one attached hydrogen (secondary N) is 1. The highest BCUT2D eigenvalue weighted by Gasteiger charge is 2.23. The maximum Gasteiger partial charge on any atom is 0.251 e. The van der Waals surface area contributed by atoms with E-state index < -0.39 is 0 Å². The summed E-state index contributed by atoms with van der Waals surface area (Å²) in [5, 5.41) is 4.17. The highest BCUT2D eigenvalue weighted by atomic mass is 35.5. The Labute approximate surface area is 162 Å². The molecule has 1 aromatic heterocycles. The predicted octanol–water partition coefficient (Wildman–Crippen LogP) is 3.91. The fraction of sp³-hybridized carbons (Fsp3) is 0.421. The zero-order valence-corrected chi connectivity index (χ0v) is 16.0. The molecule has 1 N–H and O–H groups in total. The van der Waals surface area contributed by atoms with Gasteiger partial charge in [-0.15, -0.1) is 0 Å². The maximum atomic E-state index is 12.2. The number of halogens is 1. The van der Waals surface area contributed by atoms with Crippen molar-refractivity contribution in [3.05, 3.63) is 46.6 Å². The first-order valence-corrected chi connectivity index (χ1v) is 10.4. The molecule has 0 radical (unpaired) electrons. The average molecular weight is 389 g/mol. The van der Waals surface area contributed by atoms with Gasteiger partial charge >= 0.3 is 0 Å². The largest absolute Gasteiger partial charge is 0.356 e. The van der Waals surface area contributed by atoms with E-state index in [1.54, 1.807) is 11.8 Å². The lowest BCUT2D eigenvalue weighted by Gasteiger charge is -2.16. The minimum atomic E-state index is 0.00896. The zero-order valence-electron chi connectivity index (χ0n) is 14.4. The van der Waals surface area contributed by atoms with Crippen molar-refractivity contribution < 1.29 is 4.79 Å². The molecule has 2 heterocycles. The molecule has 2 aromatic rings. The molecule has 2 fully saturated rings.